The molecule has 4 heteroatoms. The molecule has 1 aliphatic heterocycles. The number of hydrogen-bond donors (Lipinski definition) is 1. The Hall–Kier alpha value is -1.42. The van der Waals surface area contributed by atoms with Crippen molar-refractivity contribution in [3.8, 4) is 0 Å². The van der Waals surface area contributed by atoms with E-state index in [1.165, 1.54) is 0 Å². The highest BCUT2D eigenvalue weighted by Crippen LogP contribution is 2.15. The minimum atomic E-state index is 0.155. The lowest BCUT2D eigenvalue weighted by Gasteiger charge is -2.35. The number of carbonyl (C=O) groups is 1. The molecule has 0 bridgehead atoms. The Morgan fingerprint density at radius 2 is 2.41 bits per heavy atom. The zero-order valence-electron chi connectivity index (χ0n) is 10.2. The molecule has 2 atom stereocenters. The zero-order chi connectivity index (χ0) is 12.3. The summed E-state index contributed by atoms with van der Waals surface area (Å²) in [6.45, 7) is 3.65. The van der Waals surface area contributed by atoms with Crippen molar-refractivity contribution in [1.82, 2.24) is 9.88 Å². The molecule has 1 amide bonds. The second-order valence-electron chi connectivity index (χ2n) is 4.77. The Morgan fingerprint density at radius 3 is 3.06 bits per heavy atom. The number of nitrogens with zero attached hydrogens (tertiary/aromatic N) is 2. The average molecular weight is 233 g/mol. The molecular formula is C13H19N3O. The summed E-state index contributed by atoms with van der Waals surface area (Å²) in [5.74, 6) is 0.541. The van der Waals surface area contributed by atoms with E-state index in [1.54, 1.807) is 6.20 Å². The number of piperidine rings is 1. The van der Waals surface area contributed by atoms with Crippen molar-refractivity contribution in [2.45, 2.75) is 25.8 Å². The molecule has 1 saturated heterocycles. The Kier molecular flexibility index (Phi) is 3.74. The van der Waals surface area contributed by atoms with Crippen molar-refractivity contribution < 1.29 is 4.79 Å². The van der Waals surface area contributed by atoms with E-state index in [4.69, 9.17) is 5.73 Å². The zero-order valence-corrected chi connectivity index (χ0v) is 10.2. The van der Waals surface area contributed by atoms with Gasteiger partial charge in [-0.05, 0) is 24.5 Å². The maximum Gasteiger partial charge on any atom is 0.228 e. The smallest absolute Gasteiger partial charge is 0.228 e. The molecule has 2 unspecified atom stereocenters. The average Bonchev–Trinajstić information content (AvgIpc) is 2.34. The Bertz CT molecular complexity index is 380. The van der Waals surface area contributed by atoms with E-state index in [-0.39, 0.29) is 11.9 Å². The van der Waals surface area contributed by atoms with Gasteiger partial charge in [-0.25, -0.2) is 0 Å². The summed E-state index contributed by atoms with van der Waals surface area (Å²) in [7, 11) is 0. The third-order valence-electron chi connectivity index (χ3n) is 3.38. The molecular weight excluding hydrogens is 214 g/mol. The topological polar surface area (TPSA) is 59.2 Å². The Balaban J connectivity index is 1.93. The summed E-state index contributed by atoms with van der Waals surface area (Å²) in [5.41, 5.74) is 6.78. The minimum absolute atomic E-state index is 0.155. The Labute approximate surface area is 102 Å². The fourth-order valence-electron chi connectivity index (χ4n) is 2.16. The van der Waals surface area contributed by atoms with Gasteiger partial charge in [0.25, 0.3) is 0 Å². The first-order chi connectivity index (χ1) is 8.16. The molecule has 4 nitrogen and oxygen atoms in total. The van der Waals surface area contributed by atoms with Gasteiger partial charge in [-0.1, -0.05) is 13.0 Å². The molecule has 0 radical (unpaired) electrons. The highest BCUT2D eigenvalue weighted by atomic mass is 16.2. The number of likely N-dealkylation sites (tertiary alicyclic amines) is 1. The van der Waals surface area contributed by atoms with E-state index < -0.39 is 0 Å². The van der Waals surface area contributed by atoms with Gasteiger partial charge < -0.3 is 10.6 Å². The summed E-state index contributed by atoms with van der Waals surface area (Å²) in [6, 6.07) is 5.88. The predicted molar refractivity (Wildman–Crippen MR) is 66.3 cm³/mol. The van der Waals surface area contributed by atoms with Crippen LogP contribution in [0.2, 0.25) is 0 Å². The van der Waals surface area contributed by atoms with Crippen molar-refractivity contribution in [1.29, 1.82) is 0 Å². The third-order valence-corrected chi connectivity index (χ3v) is 3.38. The molecule has 2 rings (SSSR count). The van der Waals surface area contributed by atoms with Crippen LogP contribution in [0.15, 0.2) is 24.4 Å². The van der Waals surface area contributed by atoms with Crippen LogP contribution in [-0.2, 0) is 11.2 Å². The van der Waals surface area contributed by atoms with E-state index in [1.807, 2.05) is 23.1 Å². The molecule has 1 fully saturated rings. The fraction of sp³-hybridized carbons (Fsp3) is 0.538. The van der Waals surface area contributed by atoms with Crippen LogP contribution in [0, 0.1) is 5.92 Å². The predicted octanol–water partition coefficient (Wildman–Crippen LogP) is 0.820. The molecule has 2 N–H and O–H groups in total. The van der Waals surface area contributed by atoms with Gasteiger partial charge in [0.15, 0.2) is 0 Å². The summed E-state index contributed by atoms with van der Waals surface area (Å²) in [4.78, 5) is 18.1. The molecule has 92 valence electrons. The fourth-order valence-corrected chi connectivity index (χ4v) is 2.16. The summed E-state index contributed by atoms with van der Waals surface area (Å²) >= 11 is 0. The van der Waals surface area contributed by atoms with Gasteiger partial charge in [0.1, 0.15) is 0 Å². The second kappa shape index (κ2) is 5.27. The summed E-state index contributed by atoms with van der Waals surface area (Å²) in [5, 5.41) is 0. The summed E-state index contributed by atoms with van der Waals surface area (Å²) < 4.78 is 0. The monoisotopic (exact) mass is 233 g/mol. The van der Waals surface area contributed by atoms with Gasteiger partial charge in [0.2, 0.25) is 5.91 Å². The van der Waals surface area contributed by atoms with Gasteiger partial charge in [0, 0.05) is 31.0 Å². The third kappa shape index (κ3) is 3.03. The van der Waals surface area contributed by atoms with Crippen LogP contribution in [0.1, 0.15) is 19.0 Å². The number of amides is 1. The van der Waals surface area contributed by atoms with E-state index in [9.17, 15) is 4.79 Å². The van der Waals surface area contributed by atoms with Crippen LogP contribution in [0.4, 0.5) is 0 Å². The first-order valence-electron chi connectivity index (χ1n) is 6.10. The lowest BCUT2D eigenvalue weighted by molar-refractivity contribution is -0.132. The summed E-state index contributed by atoms with van der Waals surface area (Å²) in [6.07, 6.45) is 3.01. The molecule has 0 spiro atoms. The largest absolute Gasteiger partial charge is 0.342 e. The van der Waals surface area contributed by atoms with Crippen LogP contribution in [0.5, 0.6) is 0 Å². The van der Waals surface area contributed by atoms with Gasteiger partial charge >= 0.3 is 0 Å². The second-order valence-corrected chi connectivity index (χ2v) is 4.77. The quantitative estimate of drug-likeness (QED) is 0.822. The SMILES string of the molecule is CC1CN(C(=O)Cc2ccccn2)CCC1N. The minimum Gasteiger partial charge on any atom is -0.342 e. The molecule has 0 saturated carbocycles. The van der Waals surface area contributed by atoms with Crippen molar-refractivity contribution in [3.05, 3.63) is 30.1 Å². The van der Waals surface area contributed by atoms with E-state index in [2.05, 4.69) is 11.9 Å². The number of carbonyl (C=O) groups excluding carboxylic acids is 1. The number of rotatable bonds is 2. The van der Waals surface area contributed by atoms with E-state index >= 15 is 0 Å². The van der Waals surface area contributed by atoms with Crippen LogP contribution in [-0.4, -0.2) is 34.9 Å². The van der Waals surface area contributed by atoms with E-state index in [0.29, 0.717) is 12.3 Å². The van der Waals surface area contributed by atoms with Crippen molar-refractivity contribution in [2.24, 2.45) is 11.7 Å². The molecule has 17 heavy (non-hydrogen) atoms. The highest BCUT2D eigenvalue weighted by molar-refractivity contribution is 5.78. The van der Waals surface area contributed by atoms with Crippen molar-refractivity contribution >= 4 is 5.91 Å². The molecule has 2 heterocycles. The number of nitrogens with two attached hydrogens (primary N) is 1. The first kappa shape index (κ1) is 12.0. The molecule has 1 aromatic heterocycles. The highest BCUT2D eigenvalue weighted by Gasteiger charge is 2.26. The van der Waals surface area contributed by atoms with Crippen LogP contribution >= 0.6 is 0 Å². The first-order valence-corrected chi connectivity index (χ1v) is 6.10. The van der Waals surface area contributed by atoms with Gasteiger partial charge in [-0.2, -0.15) is 0 Å². The van der Waals surface area contributed by atoms with Crippen LogP contribution in [0.25, 0.3) is 0 Å². The lowest BCUT2D eigenvalue weighted by atomic mass is 9.94. The molecule has 0 aromatic carbocycles. The molecule has 0 aliphatic carbocycles. The molecule has 1 aliphatic rings. The number of hydrogen-bond acceptors (Lipinski definition) is 3. The van der Waals surface area contributed by atoms with Crippen LogP contribution < -0.4 is 5.73 Å². The normalized spacial score (nSPS) is 24.7. The molecule has 1 aromatic rings. The lowest BCUT2D eigenvalue weighted by Crippen LogP contribution is -2.48. The maximum absolute atomic E-state index is 12.1. The van der Waals surface area contributed by atoms with Gasteiger partial charge in [0.05, 0.1) is 6.42 Å². The number of aromatic nitrogens is 1. The van der Waals surface area contributed by atoms with Crippen LogP contribution in [0.3, 0.4) is 0 Å². The Morgan fingerprint density at radius 1 is 1.59 bits per heavy atom. The van der Waals surface area contributed by atoms with Crippen molar-refractivity contribution in [2.75, 3.05) is 13.1 Å². The number of pyridine rings is 1. The van der Waals surface area contributed by atoms with E-state index in [0.717, 1.165) is 25.2 Å². The van der Waals surface area contributed by atoms with Gasteiger partial charge in [-0.15, -0.1) is 0 Å². The van der Waals surface area contributed by atoms with Gasteiger partial charge in [-0.3, -0.25) is 9.78 Å². The standard InChI is InChI=1S/C13H19N3O/c1-10-9-16(7-5-12(10)14)13(17)8-11-4-2-3-6-15-11/h2-4,6,10,12H,5,7-9,14H2,1H3. The maximum atomic E-state index is 12.1. The van der Waals surface area contributed by atoms with Crippen molar-refractivity contribution in [3.63, 3.8) is 0 Å².